The number of amides is 2. The smallest absolute Gasteiger partial charge is 0.226 e. The molecule has 664 valence electrons. The van der Waals surface area contributed by atoms with Gasteiger partial charge in [-0.1, -0.05) is 0 Å². The normalized spacial score (nSPS) is 26.7. The first-order valence-corrected chi connectivity index (χ1v) is 48.4. The molecule has 20 nitrogen and oxygen atoms in total. The summed E-state index contributed by atoms with van der Waals surface area (Å²) in [6, 6.07) is 10.1. The van der Waals surface area contributed by atoms with Crippen LogP contribution >= 0.6 is 0 Å². The lowest BCUT2D eigenvalue weighted by atomic mass is 9.65. The zero-order valence-corrected chi connectivity index (χ0v) is 78.6. The van der Waals surface area contributed by atoms with Gasteiger partial charge in [-0.15, -0.1) is 0 Å². The number of aryl methyl sites for hydroxylation is 3. The molecule has 1 atom stereocenters. The summed E-state index contributed by atoms with van der Waals surface area (Å²) in [4.78, 5) is 69.2. The zero-order chi connectivity index (χ0) is 84.6. The number of aromatic nitrogens is 7. The standard InChI is InChI=1S/C22H39N3O.C20H33N5O.C20H34N4.C19H31N3.C18H29N3/c1-21(2,3)25-14-10-22(11-15-25)8-4-18(5-9-22)20(26)23-19-16-24-12-6-17(19)7-13-24;1-19(2,3)24-10-8-20(9-11-24)6-4-16(5-7-20)18(26)23-12-13-25-17(14-23)21-15-22-25;1-19(2,3)24-11-8-20(9-12-24)6-4-17(5-7-20)23-15-14-22-13-10-21-18(22)16-23;1-15-12-17(13-16(2)20-15)21-9-6-19(7-10-21)8-11-22(14-19)18(3,4)5;1-15-13-16(5-9-19-15)20-10-6-18(7-11-20)8-12-21(14-18)17(2,3)4/h17-19H,4-16H2,1-3H3,(H,23,26);15-16H,4-14H2,1-3H3;10,13,17H,4-9,11-12,14-16H2,1-3H3;12-13H,6-11,14H2,1-5H3;5,9,13H,6-8,10-12,14H2,1-4H3. The van der Waals surface area contributed by atoms with Gasteiger partial charge in [0.2, 0.25) is 11.8 Å². The highest BCUT2D eigenvalue weighted by atomic mass is 16.2. The predicted octanol–water partition coefficient (Wildman–Crippen LogP) is 16.8. The molecule has 16 heterocycles. The molecule has 20 heteroatoms. The Kier molecular flexibility index (Phi) is 27.9. The van der Waals surface area contributed by atoms with Crippen LogP contribution in [0.15, 0.2) is 49.2 Å². The van der Waals surface area contributed by atoms with Gasteiger partial charge in [-0.05, 0) is 414 Å². The largest absolute Gasteiger partial charge is 0.371 e. The van der Waals surface area contributed by atoms with Crippen LogP contribution < -0.4 is 15.1 Å². The van der Waals surface area contributed by atoms with Gasteiger partial charge in [0.1, 0.15) is 18.0 Å². The fourth-order valence-electron chi connectivity index (χ4n) is 24.5. The second kappa shape index (κ2) is 36.8. The molecule has 1 N–H and O–H groups in total. The lowest BCUT2D eigenvalue weighted by Gasteiger charge is -2.50. The Bertz CT molecular complexity index is 3880. The van der Waals surface area contributed by atoms with E-state index >= 15 is 0 Å². The van der Waals surface area contributed by atoms with Gasteiger partial charge in [0.05, 0.1) is 19.6 Å². The molecule has 3 saturated carbocycles. The third kappa shape index (κ3) is 22.4. The van der Waals surface area contributed by atoms with Crippen LogP contribution in [-0.2, 0) is 35.8 Å². The van der Waals surface area contributed by atoms with E-state index in [2.05, 4.69) is 234 Å². The molecule has 4 aromatic heterocycles. The molecular formula is C99H166N18O2. The highest BCUT2D eigenvalue weighted by molar-refractivity contribution is 5.79. The van der Waals surface area contributed by atoms with E-state index in [4.69, 9.17) is 0 Å². The van der Waals surface area contributed by atoms with E-state index in [1.807, 2.05) is 22.0 Å². The maximum atomic E-state index is 13.0. The van der Waals surface area contributed by atoms with Crippen LogP contribution in [0.3, 0.4) is 0 Å². The van der Waals surface area contributed by atoms with Crippen molar-refractivity contribution in [1.82, 2.24) is 78.8 Å². The van der Waals surface area contributed by atoms with Gasteiger partial charge in [-0.2, -0.15) is 5.10 Å². The number of piperidine rings is 8. The van der Waals surface area contributed by atoms with Gasteiger partial charge < -0.3 is 29.5 Å². The number of carbonyl (C=O) groups is 2. The van der Waals surface area contributed by atoms with Gasteiger partial charge >= 0.3 is 0 Å². The summed E-state index contributed by atoms with van der Waals surface area (Å²) in [6.45, 7) is 68.0. The number of hydrogen-bond acceptors (Lipinski definition) is 16. The number of rotatable bonds is 6. The number of pyridine rings is 2. The van der Waals surface area contributed by atoms with Crippen molar-refractivity contribution in [3.8, 4) is 0 Å². The molecule has 2 bridgehead atoms. The number of nitrogens with one attached hydrogen (secondary N) is 1. The molecule has 3 aliphatic carbocycles. The average molecular weight is 1640 g/mol. The second-order valence-corrected chi connectivity index (χ2v) is 46.1. The molecule has 1 unspecified atom stereocenters. The van der Waals surface area contributed by atoms with Crippen LogP contribution in [0.25, 0.3) is 0 Å². The van der Waals surface area contributed by atoms with Gasteiger partial charge in [-0.25, -0.2) is 14.6 Å². The summed E-state index contributed by atoms with van der Waals surface area (Å²) in [5.41, 5.74) is 10.5. The first-order chi connectivity index (χ1) is 56.3. The van der Waals surface area contributed by atoms with Gasteiger partial charge in [0.15, 0.2) is 0 Å². The molecule has 4 aromatic rings. The number of likely N-dealkylation sites (tertiary alicyclic amines) is 5. The number of fused-ring (bicyclic) bond motifs is 5. The lowest BCUT2D eigenvalue weighted by Crippen LogP contribution is -2.58. The van der Waals surface area contributed by atoms with Crippen LogP contribution in [0, 0.1) is 65.6 Å². The Labute approximate surface area is 722 Å². The molecule has 5 spiro atoms. The van der Waals surface area contributed by atoms with Gasteiger partial charge in [0.25, 0.3) is 0 Å². The molecule has 15 aliphatic rings. The minimum Gasteiger partial charge on any atom is -0.371 e. The van der Waals surface area contributed by atoms with Crippen molar-refractivity contribution in [1.29, 1.82) is 0 Å². The van der Waals surface area contributed by atoms with Crippen LogP contribution in [0.1, 0.15) is 300 Å². The molecule has 0 aromatic carbocycles. The Hall–Kier alpha value is -5.09. The van der Waals surface area contributed by atoms with E-state index in [-0.39, 0.29) is 17.4 Å². The highest BCUT2D eigenvalue weighted by Crippen LogP contribution is 2.52. The number of imidazole rings is 1. The minimum atomic E-state index is 0.218. The van der Waals surface area contributed by atoms with Gasteiger partial charge in [-0.3, -0.25) is 49.0 Å². The van der Waals surface area contributed by atoms with Gasteiger partial charge in [0, 0.05) is 164 Å². The van der Waals surface area contributed by atoms with Crippen molar-refractivity contribution in [2.24, 2.45) is 44.8 Å². The van der Waals surface area contributed by atoms with Crippen molar-refractivity contribution in [3.05, 3.63) is 77.9 Å². The third-order valence-electron chi connectivity index (χ3n) is 33.4. The fraction of sp³-hybridized carbons (Fsp3) is 0.828. The van der Waals surface area contributed by atoms with Crippen molar-refractivity contribution in [2.45, 2.75) is 358 Å². The molecule has 12 aliphatic heterocycles. The molecular weight excluding hydrogens is 1470 g/mol. The van der Waals surface area contributed by atoms with Crippen LogP contribution in [0.4, 0.5) is 11.4 Å². The van der Waals surface area contributed by atoms with E-state index in [1.165, 1.54) is 270 Å². The predicted molar refractivity (Wildman–Crippen MR) is 487 cm³/mol. The Morgan fingerprint density at radius 1 is 0.403 bits per heavy atom. The van der Waals surface area contributed by atoms with E-state index in [0.29, 0.717) is 73.6 Å². The SMILES string of the molecule is CC(C)(C)N1CCC2(CCC(C(=O)N3CCn4ncnc4C3)CC2)CC1.CC(C)(C)N1CCC2(CCC(C(=O)NC3CN4CCC3CC4)CC2)CC1.CC(C)(C)N1CCC2(CCC(N3CCn4ccnc4C3)CC2)CC1.Cc1cc(N2CCC3(CC2)CCN(C(C)(C)C)C3)cc(C)n1.Cc1cc(N2CCC3(CC2)CCN(C(C)(C)C)C3)ccn1. The Morgan fingerprint density at radius 3 is 1.29 bits per heavy atom. The molecule has 10 saturated heterocycles. The second-order valence-electron chi connectivity index (χ2n) is 46.1. The zero-order valence-electron chi connectivity index (χ0n) is 78.6. The Balaban J connectivity index is 0.000000122. The first-order valence-electron chi connectivity index (χ1n) is 48.4. The Morgan fingerprint density at radius 2 is 0.840 bits per heavy atom. The molecule has 2 amide bonds. The van der Waals surface area contributed by atoms with E-state index in [9.17, 15) is 9.59 Å². The fourth-order valence-corrected chi connectivity index (χ4v) is 24.5. The highest BCUT2D eigenvalue weighted by Gasteiger charge is 2.49. The minimum absolute atomic E-state index is 0.218. The number of carbonyl (C=O) groups excluding carboxylic acids is 2. The van der Waals surface area contributed by atoms with Crippen LogP contribution in [0.5, 0.6) is 0 Å². The molecule has 119 heavy (non-hydrogen) atoms. The van der Waals surface area contributed by atoms with Crippen molar-refractivity contribution < 1.29 is 9.59 Å². The molecule has 13 fully saturated rings. The summed E-state index contributed by atoms with van der Waals surface area (Å²) in [7, 11) is 0. The van der Waals surface area contributed by atoms with E-state index < -0.39 is 0 Å². The molecule has 19 rings (SSSR count). The lowest BCUT2D eigenvalue weighted by molar-refractivity contribution is -0.139. The number of nitrogens with zero attached hydrogens (tertiary/aromatic N) is 17. The maximum Gasteiger partial charge on any atom is 0.226 e. The number of hydrogen-bond donors (Lipinski definition) is 1. The molecule has 0 radical (unpaired) electrons. The van der Waals surface area contributed by atoms with Crippen molar-refractivity contribution in [2.75, 3.05) is 134 Å². The van der Waals surface area contributed by atoms with Crippen LogP contribution in [-0.4, -0.2) is 249 Å². The number of anilines is 2. The summed E-state index contributed by atoms with van der Waals surface area (Å²) < 4.78 is 4.24. The first kappa shape index (κ1) is 90.2. The monoisotopic (exact) mass is 1640 g/mol. The third-order valence-corrected chi connectivity index (χ3v) is 33.4. The van der Waals surface area contributed by atoms with Crippen molar-refractivity contribution >= 4 is 23.2 Å². The van der Waals surface area contributed by atoms with Crippen LogP contribution in [0.2, 0.25) is 0 Å². The van der Waals surface area contributed by atoms with E-state index in [1.54, 1.807) is 6.33 Å². The van der Waals surface area contributed by atoms with Crippen molar-refractivity contribution in [3.63, 3.8) is 0 Å². The van der Waals surface area contributed by atoms with E-state index in [0.717, 1.165) is 93.3 Å². The summed E-state index contributed by atoms with van der Waals surface area (Å²) in [5.74, 6) is 4.13. The summed E-state index contributed by atoms with van der Waals surface area (Å²) in [6.07, 6.45) is 41.4. The summed E-state index contributed by atoms with van der Waals surface area (Å²) >= 11 is 0. The maximum absolute atomic E-state index is 13.0. The quantitative estimate of drug-likeness (QED) is 0.195. The average Bonchev–Trinajstić information content (AvgIpc) is 1.67. The summed E-state index contributed by atoms with van der Waals surface area (Å²) in [5, 5.41) is 7.66. The topological polar surface area (TPSA) is 153 Å².